The molecule has 1 aromatic carbocycles. The fourth-order valence-corrected chi connectivity index (χ4v) is 1.77. The lowest BCUT2D eigenvalue weighted by Gasteiger charge is -2.40. The third-order valence-electron chi connectivity index (χ3n) is 2.99. The van der Waals surface area contributed by atoms with Crippen LogP contribution in [-0.4, -0.2) is 6.54 Å². The van der Waals surface area contributed by atoms with Crippen LogP contribution in [0, 0.1) is 0 Å². The fourth-order valence-electron chi connectivity index (χ4n) is 1.77. The molecule has 1 N–H and O–H groups in total. The summed E-state index contributed by atoms with van der Waals surface area (Å²) in [6, 6.07) is 5.38. The number of benzene rings is 1. The zero-order valence-electron chi connectivity index (χ0n) is 8.36. The van der Waals surface area contributed by atoms with Crippen molar-refractivity contribution in [3.8, 4) is 0 Å². The molecule has 1 heterocycles. The molecule has 1 aromatic rings. The molecule has 0 spiro atoms. The van der Waals surface area contributed by atoms with E-state index in [2.05, 4.69) is 5.32 Å². The van der Waals surface area contributed by atoms with Gasteiger partial charge in [-0.15, -0.1) is 0 Å². The lowest BCUT2D eigenvalue weighted by Crippen LogP contribution is -2.51. The first-order valence-electron chi connectivity index (χ1n) is 4.85. The molecule has 15 heavy (non-hydrogen) atoms. The molecule has 0 aliphatic carbocycles. The van der Waals surface area contributed by atoms with Crippen LogP contribution < -0.4 is 5.32 Å². The van der Waals surface area contributed by atoms with E-state index in [0.717, 1.165) is 30.7 Å². The van der Waals surface area contributed by atoms with E-state index in [1.165, 1.54) is 0 Å². The van der Waals surface area contributed by atoms with E-state index in [4.69, 9.17) is 0 Å². The minimum absolute atomic E-state index is 0.135. The molecule has 0 amide bonds. The Morgan fingerprint density at radius 2 is 1.73 bits per heavy atom. The number of hydrogen-bond acceptors (Lipinski definition) is 1. The maximum atomic E-state index is 12.3. The third-order valence-corrected chi connectivity index (χ3v) is 2.99. The van der Waals surface area contributed by atoms with Gasteiger partial charge < -0.3 is 5.32 Å². The second-order valence-electron chi connectivity index (χ2n) is 4.08. The van der Waals surface area contributed by atoms with Crippen LogP contribution >= 0.6 is 0 Å². The number of hydrogen-bond donors (Lipinski definition) is 1. The lowest BCUT2D eigenvalue weighted by atomic mass is 9.82. The molecule has 0 aromatic heterocycles. The monoisotopic (exact) mass is 215 g/mol. The summed E-state index contributed by atoms with van der Waals surface area (Å²) >= 11 is 0. The summed E-state index contributed by atoms with van der Waals surface area (Å²) in [4.78, 5) is 0. The molecule has 82 valence electrons. The molecular weight excluding hydrogens is 203 g/mol. The topological polar surface area (TPSA) is 12.0 Å². The van der Waals surface area contributed by atoms with Crippen molar-refractivity contribution in [1.82, 2.24) is 5.32 Å². The van der Waals surface area contributed by atoms with Gasteiger partial charge in [0.2, 0.25) is 0 Å². The smallest absolute Gasteiger partial charge is 0.307 e. The minimum atomic E-state index is -4.24. The van der Waals surface area contributed by atoms with Gasteiger partial charge in [-0.25, -0.2) is 0 Å². The van der Waals surface area contributed by atoms with Gasteiger partial charge >= 0.3 is 6.18 Å². The van der Waals surface area contributed by atoms with Crippen LogP contribution in [0.25, 0.3) is 0 Å². The van der Waals surface area contributed by atoms with Crippen molar-refractivity contribution >= 4 is 0 Å². The molecule has 2 rings (SSSR count). The average Bonchev–Trinajstić information content (AvgIpc) is 2.13. The quantitative estimate of drug-likeness (QED) is 0.759. The largest absolute Gasteiger partial charge is 0.416 e. The summed E-state index contributed by atoms with van der Waals surface area (Å²) in [6.07, 6.45) is -3.27. The predicted molar refractivity (Wildman–Crippen MR) is 51.4 cm³/mol. The van der Waals surface area contributed by atoms with Gasteiger partial charge in [-0.3, -0.25) is 0 Å². The molecule has 1 fully saturated rings. The molecule has 1 saturated heterocycles. The van der Waals surface area contributed by atoms with Crippen molar-refractivity contribution in [3.63, 3.8) is 0 Å². The van der Waals surface area contributed by atoms with E-state index in [1.54, 1.807) is 12.1 Å². The Labute approximate surface area is 86.3 Å². The van der Waals surface area contributed by atoms with Gasteiger partial charge in [0.05, 0.1) is 5.56 Å². The molecule has 1 atom stereocenters. The normalized spacial score (nSPS) is 26.1. The Morgan fingerprint density at radius 1 is 1.20 bits per heavy atom. The highest BCUT2D eigenvalue weighted by atomic mass is 19.4. The third kappa shape index (κ3) is 1.86. The molecule has 1 aliphatic heterocycles. The van der Waals surface area contributed by atoms with E-state index >= 15 is 0 Å². The summed E-state index contributed by atoms with van der Waals surface area (Å²) in [7, 11) is 0. The van der Waals surface area contributed by atoms with Crippen molar-refractivity contribution in [1.29, 1.82) is 0 Å². The van der Waals surface area contributed by atoms with Crippen molar-refractivity contribution in [2.75, 3.05) is 6.54 Å². The Kier molecular flexibility index (Phi) is 2.26. The standard InChI is InChI=1S/C11H12F3N/c1-10(6-7-15-10)8-2-4-9(5-3-8)11(12,13)14/h2-5,15H,6-7H2,1H3. The Hall–Kier alpha value is -1.03. The Balaban J connectivity index is 2.24. The van der Waals surface area contributed by atoms with E-state index in [1.807, 2.05) is 6.92 Å². The molecule has 0 saturated carbocycles. The second kappa shape index (κ2) is 3.23. The van der Waals surface area contributed by atoms with Crippen LogP contribution in [0.1, 0.15) is 24.5 Å². The molecule has 1 nitrogen and oxygen atoms in total. The summed E-state index contributed by atoms with van der Waals surface area (Å²) in [5.74, 6) is 0. The molecular formula is C11H12F3N. The van der Waals surface area contributed by atoms with E-state index in [-0.39, 0.29) is 5.54 Å². The van der Waals surface area contributed by atoms with Crippen LogP contribution in [0.15, 0.2) is 24.3 Å². The maximum Gasteiger partial charge on any atom is 0.416 e. The highest BCUT2D eigenvalue weighted by Crippen LogP contribution is 2.34. The Bertz CT molecular complexity index is 349. The molecule has 0 radical (unpaired) electrons. The van der Waals surface area contributed by atoms with Crippen molar-refractivity contribution in [2.45, 2.75) is 25.1 Å². The molecule has 1 aliphatic rings. The highest BCUT2D eigenvalue weighted by Gasteiger charge is 2.34. The van der Waals surface area contributed by atoms with E-state index in [0.29, 0.717) is 0 Å². The zero-order chi connectivity index (χ0) is 11.1. The average molecular weight is 215 g/mol. The van der Waals surface area contributed by atoms with E-state index in [9.17, 15) is 13.2 Å². The first kappa shape index (κ1) is 10.5. The van der Waals surface area contributed by atoms with Gasteiger partial charge in [0.1, 0.15) is 0 Å². The molecule has 1 unspecified atom stereocenters. The van der Waals surface area contributed by atoms with E-state index < -0.39 is 11.7 Å². The van der Waals surface area contributed by atoms with Crippen molar-refractivity contribution < 1.29 is 13.2 Å². The van der Waals surface area contributed by atoms with Gasteiger partial charge in [0.15, 0.2) is 0 Å². The summed E-state index contributed by atoms with van der Waals surface area (Å²) in [6.45, 7) is 2.93. The van der Waals surface area contributed by atoms with Crippen LogP contribution in [-0.2, 0) is 11.7 Å². The summed E-state index contributed by atoms with van der Waals surface area (Å²) < 4.78 is 36.9. The fraction of sp³-hybridized carbons (Fsp3) is 0.455. The SMILES string of the molecule is CC1(c2ccc(C(F)(F)F)cc2)CCN1. The molecule has 4 heteroatoms. The summed E-state index contributed by atoms with van der Waals surface area (Å²) in [5, 5.41) is 3.22. The first-order valence-corrected chi connectivity index (χ1v) is 4.85. The number of halogens is 3. The van der Waals surface area contributed by atoms with Crippen LogP contribution in [0.2, 0.25) is 0 Å². The van der Waals surface area contributed by atoms with Crippen molar-refractivity contribution in [3.05, 3.63) is 35.4 Å². The number of nitrogens with one attached hydrogen (secondary N) is 1. The van der Waals surface area contributed by atoms with Gasteiger partial charge in [-0.05, 0) is 37.6 Å². The Morgan fingerprint density at radius 3 is 2.07 bits per heavy atom. The minimum Gasteiger partial charge on any atom is -0.307 e. The van der Waals surface area contributed by atoms with Crippen LogP contribution in [0.5, 0.6) is 0 Å². The van der Waals surface area contributed by atoms with Gasteiger partial charge in [-0.2, -0.15) is 13.2 Å². The second-order valence-corrected chi connectivity index (χ2v) is 4.08. The van der Waals surface area contributed by atoms with Gasteiger partial charge in [-0.1, -0.05) is 12.1 Å². The first-order chi connectivity index (χ1) is 6.92. The van der Waals surface area contributed by atoms with Gasteiger partial charge in [0.25, 0.3) is 0 Å². The number of alkyl halides is 3. The van der Waals surface area contributed by atoms with Crippen molar-refractivity contribution in [2.24, 2.45) is 0 Å². The lowest BCUT2D eigenvalue weighted by molar-refractivity contribution is -0.137. The predicted octanol–water partition coefficient (Wildman–Crippen LogP) is 2.91. The summed E-state index contributed by atoms with van der Waals surface area (Å²) in [5.41, 5.74) is 0.195. The van der Waals surface area contributed by atoms with Crippen LogP contribution in [0.3, 0.4) is 0 Å². The zero-order valence-corrected chi connectivity index (χ0v) is 8.36. The number of rotatable bonds is 1. The van der Waals surface area contributed by atoms with Gasteiger partial charge in [0, 0.05) is 5.54 Å². The van der Waals surface area contributed by atoms with Crippen LogP contribution in [0.4, 0.5) is 13.2 Å². The highest BCUT2D eigenvalue weighted by molar-refractivity contribution is 5.31. The molecule has 0 bridgehead atoms. The maximum absolute atomic E-state index is 12.3.